The van der Waals surface area contributed by atoms with Crippen LogP contribution in [0, 0.1) is 0 Å². The minimum absolute atomic E-state index is 0.0931. The minimum Gasteiger partial charge on any atom is -0.462 e. The Labute approximate surface area is 233 Å². The number of esters is 1. The maximum atomic E-state index is 15.7. The normalized spacial score (nSPS) is 25.1. The van der Waals surface area contributed by atoms with Gasteiger partial charge in [-0.05, 0) is 32.9 Å². The van der Waals surface area contributed by atoms with Gasteiger partial charge in [-0.15, -0.1) is 0 Å². The number of anilines is 2. The molecule has 5 N–H and O–H groups in total. The maximum absolute atomic E-state index is 15.7. The summed E-state index contributed by atoms with van der Waals surface area (Å²) in [5, 5.41) is 13.2. The van der Waals surface area contributed by atoms with E-state index in [1.54, 1.807) is 39.1 Å². The molecular formula is C23H30ClFN7O7P. The van der Waals surface area contributed by atoms with E-state index in [0.29, 0.717) is 0 Å². The van der Waals surface area contributed by atoms with Crippen molar-refractivity contribution in [2.24, 2.45) is 0 Å². The van der Waals surface area contributed by atoms with Crippen molar-refractivity contribution in [2.75, 3.05) is 24.7 Å². The summed E-state index contributed by atoms with van der Waals surface area (Å²) in [6.45, 7) is 4.09. The highest BCUT2D eigenvalue weighted by Gasteiger charge is 2.58. The molecule has 4 rings (SSSR count). The number of hydrogen-bond acceptors (Lipinski definition) is 12. The zero-order valence-corrected chi connectivity index (χ0v) is 23.7. The Morgan fingerprint density at radius 3 is 2.67 bits per heavy atom. The van der Waals surface area contributed by atoms with Gasteiger partial charge in [-0.25, -0.2) is 13.9 Å². The van der Waals surface area contributed by atoms with Gasteiger partial charge in [0.2, 0.25) is 5.95 Å². The smallest absolute Gasteiger partial charge is 0.459 e. The van der Waals surface area contributed by atoms with E-state index in [9.17, 15) is 14.5 Å². The van der Waals surface area contributed by atoms with E-state index in [4.69, 9.17) is 35.9 Å². The van der Waals surface area contributed by atoms with E-state index in [-0.39, 0.29) is 28.7 Å². The number of ether oxygens (including phenoxy) is 2. The third kappa shape index (κ3) is 6.29. The highest BCUT2D eigenvalue weighted by Crippen LogP contribution is 2.49. The number of fused-ring (bicyclic) bond motifs is 1. The van der Waals surface area contributed by atoms with Crippen LogP contribution in [0.1, 0.15) is 27.0 Å². The average molecular weight is 602 g/mol. The van der Waals surface area contributed by atoms with Gasteiger partial charge in [-0.1, -0.05) is 29.8 Å². The fourth-order valence-electron chi connectivity index (χ4n) is 3.89. The molecule has 0 spiro atoms. The number of alkyl halides is 2. The lowest BCUT2D eigenvalue weighted by molar-refractivity contribution is -0.149. The quantitative estimate of drug-likeness (QED) is 0.143. The summed E-state index contributed by atoms with van der Waals surface area (Å²) in [4.78, 5) is 24.7. The Kier molecular flexibility index (Phi) is 8.83. The van der Waals surface area contributed by atoms with Crippen molar-refractivity contribution < 1.29 is 37.4 Å². The van der Waals surface area contributed by atoms with Crippen LogP contribution in [0.5, 0.6) is 5.75 Å². The van der Waals surface area contributed by atoms with Crippen molar-refractivity contribution in [1.82, 2.24) is 24.6 Å². The van der Waals surface area contributed by atoms with Crippen LogP contribution in [0.4, 0.5) is 16.2 Å². The first-order chi connectivity index (χ1) is 18.8. The van der Waals surface area contributed by atoms with Crippen molar-refractivity contribution in [3.8, 4) is 5.75 Å². The lowest BCUT2D eigenvalue weighted by atomic mass is 10.1. The van der Waals surface area contributed by atoms with Crippen LogP contribution in [0.3, 0.4) is 0 Å². The summed E-state index contributed by atoms with van der Waals surface area (Å²) in [6.07, 6.45) is -4.22. The molecule has 0 saturated carbocycles. The Hall–Kier alpha value is -3.07. The highest BCUT2D eigenvalue weighted by atomic mass is 35.5. The van der Waals surface area contributed by atoms with Crippen LogP contribution in [0.15, 0.2) is 36.7 Å². The summed E-state index contributed by atoms with van der Waals surface area (Å²) in [5.74, 6) is -0.376. The Morgan fingerprint density at radius 1 is 1.32 bits per heavy atom. The predicted molar refractivity (Wildman–Crippen MR) is 143 cm³/mol. The number of aliphatic hydroxyl groups is 1. The molecule has 0 aliphatic carbocycles. The minimum atomic E-state index is -4.32. The van der Waals surface area contributed by atoms with Gasteiger partial charge in [0.1, 0.15) is 24.0 Å². The second-order valence-corrected chi connectivity index (χ2v) is 11.5. The molecule has 1 aliphatic heterocycles. The van der Waals surface area contributed by atoms with Crippen molar-refractivity contribution in [2.45, 2.75) is 56.5 Å². The fourth-order valence-corrected chi connectivity index (χ4v) is 5.69. The molecule has 1 saturated heterocycles. The van der Waals surface area contributed by atoms with Crippen LogP contribution >= 0.6 is 19.3 Å². The topological polar surface area (TPSA) is 185 Å². The number of nitrogens with one attached hydrogen (secondary N) is 2. The Balaban J connectivity index is 1.56. The van der Waals surface area contributed by atoms with Gasteiger partial charge in [0.15, 0.2) is 23.2 Å². The molecule has 40 heavy (non-hydrogen) atoms. The summed E-state index contributed by atoms with van der Waals surface area (Å²) in [5.41, 5.74) is 6.12. The number of imidazole rings is 1. The van der Waals surface area contributed by atoms with Gasteiger partial charge in [-0.3, -0.25) is 13.9 Å². The average Bonchev–Trinajstić information content (AvgIpc) is 3.40. The fraction of sp³-hybridized carbons (Fsp3) is 0.478. The van der Waals surface area contributed by atoms with E-state index < -0.39 is 56.0 Å². The number of aromatic nitrogens is 4. The number of aliphatic hydroxyl groups excluding tert-OH is 1. The van der Waals surface area contributed by atoms with E-state index in [1.807, 2.05) is 0 Å². The SMILES string of the molecule is CNc1nc(N)nc2c1ncn2[C@@H]1OC(COP(=O)(NC(C)C(=O)OC(C)C)Oc2ccccc2)[C@@H](O)[C@]1(F)Cl. The molecule has 14 nitrogen and oxygen atoms in total. The number of nitrogens with zero attached hydrogens (tertiary/aromatic N) is 4. The largest absolute Gasteiger partial charge is 0.462 e. The van der Waals surface area contributed by atoms with Crippen LogP contribution in [-0.4, -0.2) is 73.7 Å². The molecule has 0 bridgehead atoms. The van der Waals surface area contributed by atoms with Crippen molar-refractivity contribution in [3.63, 3.8) is 0 Å². The molecule has 6 atom stereocenters. The van der Waals surface area contributed by atoms with Crippen LogP contribution in [0.25, 0.3) is 11.2 Å². The van der Waals surface area contributed by atoms with Crippen LogP contribution < -0.4 is 20.7 Å². The first-order valence-corrected chi connectivity index (χ1v) is 14.1. The summed E-state index contributed by atoms with van der Waals surface area (Å²) >= 11 is 6.12. The molecule has 3 unspecified atom stereocenters. The number of hydrogen-bond donors (Lipinski definition) is 4. The Morgan fingerprint density at radius 2 is 2.02 bits per heavy atom. The van der Waals surface area contributed by atoms with Crippen LogP contribution in [0.2, 0.25) is 0 Å². The third-order valence-corrected chi connectivity index (χ3v) is 7.80. The summed E-state index contributed by atoms with van der Waals surface area (Å²) in [7, 11) is -2.73. The van der Waals surface area contributed by atoms with Gasteiger partial charge >= 0.3 is 13.7 Å². The van der Waals surface area contributed by atoms with Crippen molar-refractivity contribution in [3.05, 3.63) is 36.7 Å². The zero-order chi connectivity index (χ0) is 29.2. The third-order valence-electron chi connectivity index (χ3n) is 5.74. The first-order valence-electron chi connectivity index (χ1n) is 12.2. The highest BCUT2D eigenvalue weighted by molar-refractivity contribution is 7.52. The number of benzene rings is 1. The Bertz CT molecular complexity index is 1400. The molecule has 0 amide bonds. The number of nitrogens with two attached hydrogens (primary N) is 1. The number of para-hydroxylation sites is 1. The lowest BCUT2D eigenvalue weighted by Crippen LogP contribution is -2.40. The zero-order valence-electron chi connectivity index (χ0n) is 22.0. The molecule has 1 fully saturated rings. The standard InChI is InChI=1S/C23H30ClFN7O7P/c1-12(2)37-20(34)13(3)31-40(35,39-14-8-6-5-7-9-14)36-10-15-17(33)23(24,25)21(38-15)32-11-28-16-18(27-4)29-22(26)30-19(16)32/h5-9,11-13,15,17,21,33H,10H2,1-4H3,(H,31,35)(H3,26,27,29,30)/t13?,15?,17-,21-,23-,40?/m1/s1. The van der Waals surface area contributed by atoms with E-state index in [1.165, 1.54) is 25.4 Å². The molecule has 3 heterocycles. The number of carbonyl (C=O) groups is 1. The molecule has 1 aromatic carbocycles. The number of rotatable bonds is 11. The van der Waals surface area contributed by atoms with Crippen molar-refractivity contribution in [1.29, 1.82) is 0 Å². The number of carbonyl (C=O) groups excluding carboxylic acids is 1. The molecule has 2 aromatic heterocycles. The first kappa shape index (κ1) is 29.9. The van der Waals surface area contributed by atoms with E-state index >= 15 is 4.39 Å². The second-order valence-electron chi connectivity index (χ2n) is 9.18. The van der Waals surface area contributed by atoms with Gasteiger partial charge in [0.25, 0.3) is 5.13 Å². The molecule has 218 valence electrons. The number of nitrogen functional groups attached to an aromatic ring is 1. The monoisotopic (exact) mass is 601 g/mol. The molecule has 3 aromatic rings. The van der Waals surface area contributed by atoms with Gasteiger partial charge < -0.3 is 30.2 Å². The van der Waals surface area contributed by atoms with Crippen molar-refractivity contribution >= 4 is 48.2 Å². The van der Waals surface area contributed by atoms with Gasteiger partial charge in [-0.2, -0.15) is 15.1 Å². The van der Waals surface area contributed by atoms with E-state index in [2.05, 4.69) is 25.4 Å². The van der Waals surface area contributed by atoms with Gasteiger partial charge in [0.05, 0.1) is 19.0 Å². The lowest BCUT2D eigenvalue weighted by Gasteiger charge is -2.25. The summed E-state index contributed by atoms with van der Waals surface area (Å²) in [6, 6.07) is 6.93. The van der Waals surface area contributed by atoms with E-state index in [0.717, 1.165) is 4.57 Å². The molecular weight excluding hydrogens is 572 g/mol. The number of halogens is 2. The maximum Gasteiger partial charge on any atom is 0.459 e. The summed E-state index contributed by atoms with van der Waals surface area (Å²) < 4.78 is 52.6. The molecule has 1 aliphatic rings. The van der Waals surface area contributed by atoms with Gasteiger partial charge in [0, 0.05) is 7.05 Å². The predicted octanol–water partition coefficient (Wildman–Crippen LogP) is 2.75. The molecule has 0 radical (unpaired) electrons. The second kappa shape index (κ2) is 11.8. The molecule has 17 heteroatoms. The van der Waals surface area contributed by atoms with Crippen LogP contribution in [-0.2, 0) is 23.4 Å².